The molecule has 10 heteroatoms. The lowest BCUT2D eigenvalue weighted by Crippen LogP contribution is -2.16. The van der Waals surface area contributed by atoms with E-state index in [1.165, 1.54) is 19.1 Å². The second-order valence-electron chi connectivity index (χ2n) is 5.09. The Bertz CT molecular complexity index is 782. The molecule has 0 aliphatic heterocycles. The first-order chi connectivity index (χ1) is 11.7. The minimum atomic E-state index is -4.55. The van der Waals surface area contributed by atoms with E-state index in [0.717, 1.165) is 22.9 Å². The van der Waals surface area contributed by atoms with Crippen LogP contribution in [0.1, 0.15) is 23.4 Å². The van der Waals surface area contributed by atoms with Gasteiger partial charge in [0.25, 0.3) is 0 Å². The molecule has 0 saturated carbocycles. The van der Waals surface area contributed by atoms with Crippen LogP contribution in [0, 0.1) is 12.7 Å². The van der Waals surface area contributed by atoms with Gasteiger partial charge in [0.1, 0.15) is 5.82 Å². The maximum Gasteiger partial charge on any atom is 0.435 e. The van der Waals surface area contributed by atoms with Gasteiger partial charge in [0.05, 0.1) is 13.0 Å². The lowest BCUT2D eigenvalue weighted by Gasteiger charge is -2.04. The predicted molar refractivity (Wildman–Crippen MR) is 79.8 cm³/mol. The van der Waals surface area contributed by atoms with Gasteiger partial charge in [-0.15, -0.1) is 0 Å². The van der Waals surface area contributed by atoms with Crippen LogP contribution in [0.3, 0.4) is 0 Å². The number of nitrogens with two attached hydrogens (primary N) is 1. The number of hydrogen-bond donors (Lipinski definition) is 1. The molecule has 0 amide bonds. The molecule has 0 aliphatic rings. The first-order valence-corrected chi connectivity index (χ1v) is 7.07. The minimum absolute atomic E-state index is 0.104. The second-order valence-corrected chi connectivity index (χ2v) is 5.09. The van der Waals surface area contributed by atoms with Gasteiger partial charge in [-0.3, -0.25) is 4.68 Å². The molecule has 134 valence electrons. The molecule has 1 heterocycles. The highest BCUT2D eigenvalue weighted by Crippen LogP contribution is 2.28. The van der Waals surface area contributed by atoms with Crippen molar-refractivity contribution in [2.24, 2.45) is 10.9 Å². The number of hydrogen-bond acceptors (Lipinski definition) is 4. The molecule has 1 aromatic carbocycles. The molecule has 0 unspecified atom stereocenters. The highest BCUT2D eigenvalue weighted by atomic mass is 19.4. The lowest BCUT2D eigenvalue weighted by atomic mass is 10.2. The molecule has 0 aliphatic carbocycles. The summed E-state index contributed by atoms with van der Waals surface area (Å²) in [5.41, 5.74) is 5.17. The first-order valence-electron chi connectivity index (χ1n) is 7.07. The summed E-state index contributed by atoms with van der Waals surface area (Å²) in [5.74, 6) is -1.39. The molecule has 0 bridgehead atoms. The van der Waals surface area contributed by atoms with Gasteiger partial charge in [0, 0.05) is 11.3 Å². The van der Waals surface area contributed by atoms with Crippen LogP contribution >= 0.6 is 0 Å². The SMILES string of the molecule is Cc1cc(C(F)(F)F)nn1CCC(=O)O/N=C(\N)c1ccc(F)cc1. The van der Waals surface area contributed by atoms with Crippen LogP contribution in [-0.2, 0) is 22.4 Å². The molecule has 25 heavy (non-hydrogen) atoms. The number of nitrogens with zero attached hydrogens (tertiary/aromatic N) is 3. The summed E-state index contributed by atoms with van der Waals surface area (Å²) in [7, 11) is 0. The van der Waals surface area contributed by atoms with Gasteiger partial charge in [-0.05, 0) is 37.3 Å². The smallest absolute Gasteiger partial charge is 0.380 e. The van der Waals surface area contributed by atoms with Gasteiger partial charge < -0.3 is 10.6 Å². The molecule has 0 saturated heterocycles. The molecular weight excluding hydrogens is 344 g/mol. The van der Waals surface area contributed by atoms with E-state index in [0.29, 0.717) is 5.56 Å². The summed E-state index contributed by atoms with van der Waals surface area (Å²) in [4.78, 5) is 16.2. The third-order valence-corrected chi connectivity index (χ3v) is 3.19. The maximum atomic E-state index is 12.8. The van der Waals surface area contributed by atoms with Gasteiger partial charge in [0.15, 0.2) is 11.5 Å². The van der Waals surface area contributed by atoms with E-state index in [1.807, 2.05) is 0 Å². The third kappa shape index (κ3) is 5.03. The summed E-state index contributed by atoms with van der Waals surface area (Å²) < 4.78 is 51.5. The van der Waals surface area contributed by atoms with Gasteiger partial charge in [-0.2, -0.15) is 18.3 Å². The molecule has 2 rings (SSSR count). The van der Waals surface area contributed by atoms with Crippen molar-refractivity contribution in [1.29, 1.82) is 0 Å². The Kier molecular flexibility index (Phi) is 5.40. The fourth-order valence-electron chi connectivity index (χ4n) is 1.89. The summed E-state index contributed by atoms with van der Waals surface area (Å²) in [5, 5.41) is 6.81. The fraction of sp³-hybridized carbons (Fsp3) is 0.267. The van der Waals surface area contributed by atoms with Crippen molar-refractivity contribution in [3.05, 3.63) is 53.1 Å². The number of benzene rings is 1. The van der Waals surface area contributed by atoms with Crippen molar-refractivity contribution in [1.82, 2.24) is 9.78 Å². The minimum Gasteiger partial charge on any atom is -0.380 e. The number of amidine groups is 1. The first kappa shape index (κ1) is 18.4. The van der Waals surface area contributed by atoms with Crippen molar-refractivity contribution >= 4 is 11.8 Å². The van der Waals surface area contributed by atoms with E-state index in [1.54, 1.807) is 0 Å². The van der Waals surface area contributed by atoms with Crippen LogP contribution in [0.25, 0.3) is 0 Å². The molecule has 1 aromatic heterocycles. The number of halogens is 4. The number of alkyl halides is 3. The molecule has 2 N–H and O–H groups in total. The van der Waals surface area contributed by atoms with Crippen molar-refractivity contribution in [3.8, 4) is 0 Å². The largest absolute Gasteiger partial charge is 0.435 e. The average Bonchev–Trinajstić information content (AvgIpc) is 2.92. The molecule has 2 aromatic rings. The Labute approximate surface area is 139 Å². The standard InChI is InChI=1S/C15H14F4N4O2/c1-9-8-12(15(17,18)19)21-23(9)7-6-13(24)25-22-14(20)10-2-4-11(16)5-3-10/h2-5,8H,6-7H2,1H3,(H2,20,22). The zero-order chi connectivity index (χ0) is 18.6. The highest BCUT2D eigenvalue weighted by Gasteiger charge is 2.34. The van der Waals surface area contributed by atoms with Crippen molar-refractivity contribution in [3.63, 3.8) is 0 Å². The third-order valence-electron chi connectivity index (χ3n) is 3.19. The zero-order valence-electron chi connectivity index (χ0n) is 13.0. The number of oxime groups is 1. The normalized spacial score (nSPS) is 12.3. The summed E-state index contributed by atoms with van der Waals surface area (Å²) in [6.07, 6.45) is -4.80. The highest BCUT2D eigenvalue weighted by molar-refractivity contribution is 5.97. The van der Waals surface area contributed by atoms with Crippen molar-refractivity contribution < 1.29 is 27.2 Å². The predicted octanol–water partition coefficient (Wildman–Crippen LogP) is 2.60. The zero-order valence-corrected chi connectivity index (χ0v) is 13.0. The van der Waals surface area contributed by atoms with Crippen LogP contribution in [0.5, 0.6) is 0 Å². The summed E-state index contributed by atoms with van der Waals surface area (Å²) >= 11 is 0. The Morgan fingerprint density at radius 2 is 1.96 bits per heavy atom. The number of aryl methyl sites for hydroxylation is 2. The van der Waals surface area contributed by atoms with Crippen LogP contribution in [0.15, 0.2) is 35.5 Å². The fourth-order valence-corrected chi connectivity index (χ4v) is 1.89. The van der Waals surface area contributed by atoms with Crippen molar-refractivity contribution in [2.45, 2.75) is 26.1 Å². The van der Waals surface area contributed by atoms with E-state index in [9.17, 15) is 22.4 Å². The average molecular weight is 358 g/mol. The molecule has 0 radical (unpaired) electrons. The Hall–Kier alpha value is -2.91. The van der Waals surface area contributed by atoms with E-state index in [4.69, 9.17) is 5.73 Å². The lowest BCUT2D eigenvalue weighted by molar-refractivity contribution is -0.144. The van der Waals surface area contributed by atoms with Gasteiger partial charge in [-0.1, -0.05) is 5.16 Å². The molecule has 6 nitrogen and oxygen atoms in total. The Balaban J connectivity index is 1.92. The second kappa shape index (κ2) is 7.32. The maximum absolute atomic E-state index is 12.8. The Morgan fingerprint density at radius 1 is 1.32 bits per heavy atom. The topological polar surface area (TPSA) is 82.5 Å². The van der Waals surface area contributed by atoms with Crippen LogP contribution in [0.2, 0.25) is 0 Å². The van der Waals surface area contributed by atoms with E-state index in [-0.39, 0.29) is 24.5 Å². The Morgan fingerprint density at radius 3 is 2.52 bits per heavy atom. The number of carbonyl (C=O) groups is 1. The van der Waals surface area contributed by atoms with Gasteiger partial charge in [-0.25, -0.2) is 9.18 Å². The number of rotatable bonds is 5. The molecule has 0 spiro atoms. The van der Waals surface area contributed by atoms with Gasteiger partial charge in [0.2, 0.25) is 0 Å². The molecular formula is C15H14F4N4O2. The van der Waals surface area contributed by atoms with E-state index in [2.05, 4.69) is 15.1 Å². The quantitative estimate of drug-likeness (QED) is 0.293. The summed E-state index contributed by atoms with van der Waals surface area (Å²) in [6, 6.07) is 5.92. The van der Waals surface area contributed by atoms with E-state index >= 15 is 0 Å². The van der Waals surface area contributed by atoms with Crippen LogP contribution in [-0.4, -0.2) is 21.6 Å². The molecule has 0 fully saturated rings. The monoisotopic (exact) mass is 358 g/mol. The van der Waals surface area contributed by atoms with E-state index < -0.39 is 23.7 Å². The number of aromatic nitrogens is 2. The van der Waals surface area contributed by atoms with Crippen LogP contribution in [0.4, 0.5) is 17.6 Å². The van der Waals surface area contributed by atoms with Crippen LogP contribution < -0.4 is 5.73 Å². The number of carbonyl (C=O) groups excluding carboxylic acids is 1. The molecule has 0 atom stereocenters. The van der Waals surface area contributed by atoms with Gasteiger partial charge >= 0.3 is 12.1 Å². The summed E-state index contributed by atoms with van der Waals surface area (Å²) in [6.45, 7) is 1.34. The van der Waals surface area contributed by atoms with Crippen molar-refractivity contribution in [2.75, 3.05) is 0 Å².